The standard InChI is InChI=1S/C25H28ClF4N3O3/c1-2-36-24(35)17-5-3-15(4-6-17)11-22(34)32-8-7-20-21(14-32)33(31-23(20)25(28,29)30)13-16-9-18(26)12-19(27)10-16/h9-10,12,15,17H,2-8,11,13-14H2,1H3/t15-,17+. The molecule has 0 atom stereocenters. The van der Waals surface area contributed by atoms with Crippen molar-refractivity contribution < 1.29 is 31.9 Å². The molecule has 1 aromatic heterocycles. The van der Waals surface area contributed by atoms with Crippen molar-refractivity contribution in [1.82, 2.24) is 14.7 Å². The largest absolute Gasteiger partial charge is 0.466 e. The highest BCUT2D eigenvalue weighted by Gasteiger charge is 2.41. The van der Waals surface area contributed by atoms with E-state index in [0.717, 1.165) is 18.9 Å². The Labute approximate surface area is 211 Å². The molecule has 11 heteroatoms. The maximum atomic E-state index is 13.8. The van der Waals surface area contributed by atoms with Gasteiger partial charge in [-0.3, -0.25) is 14.3 Å². The van der Waals surface area contributed by atoms with Gasteiger partial charge in [-0.1, -0.05) is 11.6 Å². The second-order valence-electron chi connectivity index (χ2n) is 9.45. The van der Waals surface area contributed by atoms with Crippen LogP contribution in [0, 0.1) is 17.7 Å². The van der Waals surface area contributed by atoms with Gasteiger partial charge < -0.3 is 9.64 Å². The molecule has 2 heterocycles. The van der Waals surface area contributed by atoms with Crippen LogP contribution in [0.2, 0.25) is 5.02 Å². The first-order valence-electron chi connectivity index (χ1n) is 12.1. The fourth-order valence-electron chi connectivity index (χ4n) is 5.17. The predicted octanol–water partition coefficient (Wildman–Crippen LogP) is 5.39. The van der Waals surface area contributed by atoms with Gasteiger partial charge in [-0.2, -0.15) is 18.3 Å². The van der Waals surface area contributed by atoms with Crippen LogP contribution in [-0.2, 0) is 40.0 Å². The highest BCUT2D eigenvalue weighted by molar-refractivity contribution is 6.30. The number of halogens is 5. The number of hydrogen-bond acceptors (Lipinski definition) is 4. The summed E-state index contributed by atoms with van der Waals surface area (Å²) in [4.78, 5) is 26.6. The first kappa shape index (κ1) is 26.4. The van der Waals surface area contributed by atoms with E-state index in [2.05, 4.69) is 5.10 Å². The third-order valence-corrected chi connectivity index (χ3v) is 7.16. The van der Waals surface area contributed by atoms with Crippen molar-refractivity contribution in [2.24, 2.45) is 11.8 Å². The van der Waals surface area contributed by atoms with E-state index in [1.54, 1.807) is 11.8 Å². The number of fused-ring (bicyclic) bond motifs is 1. The second kappa shape index (κ2) is 10.8. The molecule has 0 saturated heterocycles. The van der Waals surface area contributed by atoms with Crippen molar-refractivity contribution in [2.45, 2.75) is 64.7 Å². The Morgan fingerprint density at radius 2 is 1.89 bits per heavy atom. The molecule has 1 amide bonds. The number of hydrogen-bond donors (Lipinski definition) is 0. The monoisotopic (exact) mass is 529 g/mol. The van der Waals surface area contributed by atoms with Crippen LogP contribution in [0.1, 0.15) is 61.5 Å². The topological polar surface area (TPSA) is 64.4 Å². The van der Waals surface area contributed by atoms with Gasteiger partial charge in [0.25, 0.3) is 0 Å². The lowest BCUT2D eigenvalue weighted by molar-refractivity contribution is -0.149. The number of rotatable bonds is 6. The summed E-state index contributed by atoms with van der Waals surface area (Å²) < 4.78 is 61.1. The van der Waals surface area contributed by atoms with Crippen LogP contribution >= 0.6 is 11.6 Å². The Hall–Kier alpha value is -2.62. The Balaban J connectivity index is 1.47. The van der Waals surface area contributed by atoms with Gasteiger partial charge in [0.1, 0.15) is 5.82 Å². The number of aromatic nitrogens is 2. The Morgan fingerprint density at radius 1 is 1.17 bits per heavy atom. The number of carbonyl (C=O) groups is 2. The molecule has 0 spiro atoms. The SMILES string of the molecule is CCOC(=O)[C@H]1CC[C@@H](CC(=O)N2CCc3c(C(F)(F)F)nn(Cc4cc(F)cc(Cl)c4)c3C2)CC1. The van der Waals surface area contributed by atoms with Gasteiger partial charge >= 0.3 is 12.1 Å². The molecule has 2 aliphatic rings. The zero-order valence-corrected chi connectivity index (χ0v) is 20.7. The normalized spacial score (nSPS) is 20.2. The highest BCUT2D eigenvalue weighted by Crippen LogP contribution is 2.36. The van der Waals surface area contributed by atoms with E-state index in [0.29, 0.717) is 30.7 Å². The first-order valence-corrected chi connectivity index (χ1v) is 12.5. The molecule has 36 heavy (non-hydrogen) atoms. The maximum absolute atomic E-state index is 13.8. The number of esters is 1. The molecule has 0 bridgehead atoms. The van der Waals surface area contributed by atoms with Crippen LogP contribution in [0.15, 0.2) is 18.2 Å². The number of alkyl halides is 3. The minimum absolute atomic E-state index is 0.00152. The summed E-state index contributed by atoms with van der Waals surface area (Å²) in [6, 6.07) is 3.79. The van der Waals surface area contributed by atoms with Crippen LogP contribution in [0.4, 0.5) is 17.6 Å². The van der Waals surface area contributed by atoms with Gasteiger partial charge in [0.05, 0.1) is 31.3 Å². The molecule has 0 unspecified atom stereocenters. The molecule has 0 radical (unpaired) electrons. The lowest BCUT2D eigenvalue weighted by Crippen LogP contribution is -2.38. The van der Waals surface area contributed by atoms with E-state index in [-0.39, 0.29) is 66.8 Å². The number of amides is 1. The molecule has 6 nitrogen and oxygen atoms in total. The van der Waals surface area contributed by atoms with E-state index in [1.165, 1.54) is 16.8 Å². The molecule has 0 N–H and O–H groups in total. The molecule has 1 aliphatic carbocycles. The van der Waals surface area contributed by atoms with Gasteiger partial charge in [-0.25, -0.2) is 4.39 Å². The van der Waals surface area contributed by atoms with E-state index in [4.69, 9.17) is 16.3 Å². The molecular weight excluding hydrogens is 502 g/mol. The fraction of sp³-hybridized carbons (Fsp3) is 0.560. The third-order valence-electron chi connectivity index (χ3n) is 6.94. The molecule has 4 rings (SSSR count). The summed E-state index contributed by atoms with van der Waals surface area (Å²) in [7, 11) is 0. The Morgan fingerprint density at radius 3 is 2.53 bits per heavy atom. The van der Waals surface area contributed by atoms with Gasteiger partial charge in [0, 0.05) is 23.6 Å². The Kier molecular flexibility index (Phi) is 7.92. The van der Waals surface area contributed by atoms with Gasteiger partial charge in [-0.15, -0.1) is 0 Å². The zero-order chi connectivity index (χ0) is 26.0. The minimum atomic E-state index is -4.64. The molecule has 2 aromatic rings. The molecule has 1 saturated carbocycles. The number of nitrogens with zero attached hydrogens (tertiary/aromatic N) is 3. The molecule has 1 aliphatic heterocycles. The summed E-state index contributed by atoms with van der Waals surface area (Å²) in [6.45, 7) is 2.18. The highest BCUT2D eigenvalue weighted by atomic mass is 35.5. The molecule has 1 fully saturated rings. The van der Waals surface area contributed by atoms with Crippen molar-refractivity contribution in [3.8, 4) is 0 Å². The van der Waals surface area contributed by atoms with Crippen LogP contribution in [-0.4, -0.2) is 39.7 Å². The number of carbonyl (C=O) groups excluding carboxylic acids is 2. The quantitative estimate of drug-likeness (QED) is 0.372. The maximum Gasteiger partial charge on any atom is 0.435 e. The van der Waals surface area contributed by atoms with Crippen LogP contribution in [0.25, 0.3) is 0 Å². The van der Waals surface area contributed by atoms with Crippen molar-refractivity contribution >= 4 is 23.5 Å². The summed E-state index contributed by atoms with van der Waals surface area (Å²) in [5.74, 6) is -0.937. The lowest BCUT2D eigenvalue weighted by Gasteiger charge is -2.31. The van der Waals surface area contributed by atoms with Gasteiger partial charge in [0.2, 0.25) is 5.91 Å². The van der Waals surface area contributed by atoms with E-state index in [1.807, 2.05) is 0 Å². The van der Waals surface area contributed by atoms with E-state index >= 15 is 0 Å². The van der Waals surface area contributed by atoms with Crippen LogP contribution in [0.5, 0.6) is 0 Å². The van der Waals surface area contributed by atoms with Crippen molar-refractivity contribution in [3.63, 3.8) is 0 Å². The van der Waals surface area contributed by atoms with Crippen molar-refractivity contribution in [1.29, 1.82) is 0 Å². The number of benzene rings is 1. The second-order valence-corrected chi connectivity index (χ2v) is 9.88. The summed E-state index contributed by atoms with van der Waals surface area (Å²) in [6.07, 6.45) is -1.54. The summed E-state index contributed by atoms with van der Waals surface area (Å²) in [5.41, 5.74) is -0.220. The molecule has 1 aromatic carbocycles. The van der Waals surface area contributed by atoms with Crippen molar-refractivity contribution in [2.75, 3.05) is 13.2 Å². The van der Waals surface area contributed by atoms with E-state index in [9.17, 15) is 27.2 Å². The third kappa shape index (κ3) is 6.02. The van der Waals surface area contributed by atoms with Gasteiger partial charge in [0.15, 0.2) is 5.69 Å². The van der Waals surface area contributed by atoms with Crippen molar-refractivity contribution in [3.05, 3.63) is 51.6 Å². The van der Waals surface area contributed by atoms with Crippen LogP contribution in [0.3, 0.4) is 0 Å². The predicted molar refractivity (Wildman–Crippen MR) is 124 cm³/mol. The summed E-state index contributed by atoms with van der Waals surface area (Å²) >= 11 is 5.91. The van der Waals surface area contributed by atoms with Crippen LogP contribution < -0.4 is 0 Å². The smallest absolute Gasteiger partial charge is 0.435 e. The van der Waals surface area contributed by atoms with Gasteiger partial charge in [-0.05, 0) is 68.7 Å². The summed E-state index contributed by atoms with van der Waals surface area (Å²) in [5, 5.41) is 3.95. The molecular formula is C25H28ClF4N3O3. The molecule has 196 valence electrons. The average molecular weight is 530 g/mol. The minimum Gasteiger partial charge on any atom is -0.466 e. The lowest BCUT2D eigenvalue weighted by atomic mass is 9.80. The fourth-order valence-corrected chi connectivity index (χ4v) is 5.41. The Bertz CT molecular complexity index is 1110. The average Bonchev–Trinajstić information content (AvgIpc) is 3.17. The first-order chi connectivity index (χ1) is 17.0. The van der Waals surface area contributed by atoms with E-state index < -0.39 is 17.7 Å². The number of ether oxygens (including phenoxy) is 1. The zero-order valence-electron chi connectivity index (χ0n) is 19.9.